The van der Waals surface area contributed by atoms with Gasteiger partial charge in [-0.25, -0.2) is 0 Å². The van der Waals surface area contributed by atoms with Crippen molar-refractivity contribution in [2.45, 2.75) is 119 Å². The van der Waals surface area contributed by atoms with Gasteiger partial charge in [-0.05, 0) is 141 Å². The Bertz CT molecular complexity index is 2560. The smallest absolute Gasteiger partial charge is 0.238 e. The maximum absolute atomic E-state index is 14.4. The number of rotatable bonds is 8. The molecule has 342 valence electrons. The van der Waals surface area contributed by atoms with E-state index in [0.717, 1.165) is 80.0 Å². The van der Waals surface area contributed by atoms with E-state index in [0.29, 0.717) is 36.1 Å². The molecule has 13 heteroatoms. The predicted molar refractivity (Wildman–Crippen MR) is 239 cm³/mol. The fraction of sp³-hybridized carbons (Fsp3) is 0.509. The molecule has 0 bridgehead atoms. The molecule has 6 fully saturated rings. The maximum atomic E-state index is 14.4. The Morgan fingerprint density at radius 3 is 1.50 bits per heavy atom. The molecule has 0 N–H and O–H groups in total. The number of nitrogens with zero attached hydrogens (tertiary/aromatic N) is 4. The average Bonchev–Trinajstić information content (AvgIpc) is 3.97. The Morgan fingerprint density at radius 1 is 0.470 bits per heavy atom. The molecule has 66 heavy (non-hydrogen) atoms. The number of carbonyl (C=O) groups is 8. The van der Waals surface area contributed by atoms with Gasteiger partial charge in [-0.15, -0.1) is 0 Å². The zero-order valence-electron chi connectivity index (χ0n) is 37.5. The van der Waals surface area contributed by atoms with E-state index in [9.17, 15) is 38.4 Å². The molecule has 11 rings (SSSR count). The highest BCUT2D eigenvalue weighted by molar-refractivity contribution is 6.21. The monoisotopic (exact) mass is 892 g/mol. The van der Waals surface area contributed by atoms with E-state index in [4.69, 9.17) is 4.74 Å². The molecule has 8 atom stereocenters. The van der Waals surface area contributed by atoms with Crippen LogP contribution in [-0.2, 0) is 38.4 Å². The zero-order chi connectivity index (χ0) is 45.7. The Morgan fingerprint density at radius 2 is 0.939 bits per heavy atom. The van der Waals surface area contributed by atoms with Gasteiger partial charge in [-0.2, -0.15) is 0 Å². The van der Waals surface area contributed by atoms with Gasteiger partial charge in [-0.1, -0.05) is 48.5 Å². The fourth-order valence-corrected chi connectivity index (χ4v) is 14.1. The van der Waals surface area contributed by atoms with Crippen LogP contribution >= 0.6 is 0 Å². The molecule has 0 spiro atoms. The lowest BCUT2D eigenvalue weighted by molar-refractivity contribution is -0.144. The van der Waals surface area contributed by atoms with Crippen LogP contribution in [0, 0.1) is 35.5 Å². The molecule has 3 aromatic rings. The summed E-state index contributed by atoms with van der Waals surface area (Å²) in [7, 11) is 3.08. The highest BCUT2D eigenvalue weighted by atomic mass is 16.5. The summed E-state index contributed by atoms with van der Waals surface area (Å²) in [6.07, 6.45) is 8.60. The van der Waals surface area contributed by atoms with Crippen molar-refractivity contribution in [2.75, 3.05) is 19.1 Å². The molecule has 4 aliphatic carbocycles. The molecule has 4 aliphatic heterocycles. The average molecular weight is 893 g/mol. The molecule has 2 saturated carbocycles. The fourth-order valence-electron chi connectivity index (χ4n) is 14.1. The van der Waals surface area contributed by atoms with E-state index < -0.39 is 35.5 Å². The molecule has 4 heterocycles. The van der Waals surface area contributed by atoms with E-state index in [1.807, 2.05) is 48.5 Å². The molecule has 0 radical (unpaired) electrons. The maximum Gasteiger partial charge on any atom is 0.238 e. The number of ether oxygens (including phenoxy) is 1. The quantitative estimate of drug-likeness (QED) is 0.227. The minimum atomic E-state index is -0.637. The van der Waals surface area contributed by atoms with Crippen LogP contribution in [0.4, 0.5) is 5.69 Å². The van der Waals surface area contributed by atoms with E-state index in [1.54, 1.807) is 41.2 Å². The number of anilines is 1. The number of hydrogen-bond acceptors (Lipinski definition) is 9. The summed E-state index contributed by atoms with van der Waals surface area (Å²) in [5, 5.41) is 0. The van der Waals surface area contributed by atoms with Gasteiger partial charge in [0.05, 0.1) is 48.3 Å². The number of benzene rings is 3. The third-order valence-electron chi connectivity index (χ3n) is 17.3. The van der Waals surface area contributed by atoms with E-state index in [-0.39, 0.29) is 84.0 Å². The minimum Gasteiger partial charge on any atom is -0.497 e. The SMILES string of the molecule is COc1ccc(N2C(=O)CC(C3CC4C(=O)N(C5CCC(CC6CCC(N7C(=O)CC(C8CC9C(=O)N(C)C(=O)C9c9ccccc98)C7=O)CC6)CC5)C(=O)C4c4ccccc43)C2=O)cc1. The standard InChI is InChI=1S/C53H56N4O9/c1-54-48(60)42-24-38(34-7-3-5-9-36(34)46(42)52(54)64)40-26-44(58)55(49(40)61)30-15-11-28(12-16-30)23-29-13-17-32(18-14-29)57-51(63)43-25-39(35-8-4-6-10-37(35)47(43)53(57)65)41-27-45(59)56(50(41)62)31-19-21-33(66-2)22-20-31/h3-10,19-22,28-30,32,38-43,46-47H,11-18,23-27H2,1-2H3. The van der Waals surface area contributed by atoms with Crippen molar-refractivity contribution in [3.05, 3.63) is 95.1 Å². The van der Waals surface area contributed by atoms with Crippen molar-refractivity contribution in [1.29, 1.82) is 0 Å². The van der Waals surface area contributed by atoms with Crippen LogP contribution < -0.4 is 9.64 Å². The summed E-state index contributed by atoms with van der Waals surface area (Å²) in [6, 6.07) is 21.8. The van der Waals surface area contributed by atoms with Crippen LogP contribution in [0.25, 0.3) is 0 Å². The second-order valence-electron chi connectivity index (χ2n) is 20.5. The third-order valence-corrected chi connectivity index (χ3v) is 17.3. The number of carbonyl (C=O) groups excluding carboxylic acids is 8. The molecule has 0 aromatic heterocycles. The van der Waals surface area contributed by atoms with Gasteiger partial charge in [0.15, 0.2) is 0 Å². The Hall–Kier alpha value is -5.98. The lowest BCUT2D eigenvalue weighted by atomic mass is 9.67. The van der Waals surface area contributed by atoms with Gasteiger partial charge in [0.25, 0.3) is 0 Å². The number of hydrogen-bond donors (Lipinski definition) is 0. The van der Waals surface area contributed by atoms with Crippen molar-refractivity contribution in [3.8, 4) is 5.75 Å². The van der Waals surface area contributed by atoms with Crippen LogP contribution in [0.2, 0.25) is 0 Å². The normalized spacial score (nSPS) is 34.3. The number of methoxy groups -OCH3 is 1. The third kappa shape index (κ3) is 6.68. The molecular weight excluding hydrogens is 837 g/mol. The topological polar surface area (TPSA) is 159 Å². The van der Waals surface area contributed by atoms with Gasteiger partial charge in [0.2, 0.25) is 47.3 Å². The second kappa shape index (κ2) is 16.4. The number of likely N-dealkylation sites (tertiary alicyclic amines) is 3. The molecular formula is C53H56N4O9. The van der Waals surface area contributed by atoms with Crippen molar-refractivity contribution < 1.29 is 43.1 Å². The first-order valence-corrected chi connectivity index (χ1v) is 24.2. The summed E-state index contributed by atoms with van der Waals surface area (Å²) in [5.74, 6) is -4.09. The largest absolute Gasteiger partial charge is 0.497 e. The zero-order valence-corrected chi connectivity index (χ0v) is 37.5. The Labute approximate surface area is 384 Å². The first kappa shape index (κ1) is 42.6. The molecule has 8 aliphatic rings. The number of imide groups is 4. The van der Waals surface area contributed by atoms with Gasteiger partial charge >= 0.3 is 0 Å². The first-order chi connectivity index (χ1) is 31.9. The number of amides is 8. The van der Waals surface area contributed by atoms with Gasteiger partial charge in [-0.3, -0.25) is 58.0 Å². The van der Waals surface area contributed by atoms with Gasteiger partial charge < -0.3 is 4.74 Å². The van der Waals surface area contributed by atoms with Crippen LogP contribution in [0.5, 0.6) is 5.75 Å². The van der Waals surface area contributed by atoms with E-state index in [2.05, 4.69) is 0 Å². The van der Waals surface area contributed by atoms with Crippen molar-refractivity contribution in [2.24, 2.45) is 35.5 Å². The molecule has 3 aromatic carbocycles. The number of fused-ring (bicyclic) bond motifs is 6. The summed E-state index contributed by atoms with van der Waals surface area (Å²) >= 11 is 0. The molecule has 8 unspecified atom stereocenters. The van der Waals surface area contributed by atoms with E-state index in [1.165, 1.54) is 16.8 Å². The van der Waals surface area contributed by atoms with Gasteiger partial charge in [0.1, 0.15) is 5.75 Å². The Balaban J connectivity index is 0.702. The summed E-state index contributed by atoms with van der Waals surface area (Å²) in [5.41, 5.74) is 3.87. The summed E-state index contributed by atoms with van der Waals surface area (Å²) < 4.78 is 5.26. The van der Waals surface area contributed by atoms with Crippen LogP contribution in [-0.4, -0.2) is 88.2 Å². The number of likely N-dealkylation sites (N-methyl/N-ethyl adjacent to an activating group) is 1. The predicted octanol–water partition coefficient (Wildman–Crippen LogP) is 6.60. The van der Waals surface area contributed by atoms with Crippen LogP contribution in [0.3, 0.4) is 0 Å². The molecule has 4 saturated heterocycles. The van der Waals surface area contributed by atoms with Crippen molar-refractivity contribution >= 4 is 52.9 Å². The molecule has 8 amide bonds. The second-order valence-corrected chi connectivity index (χ2v) is 20.5. The van der Waals surface area contributed by atoms with Crippen molar-refractivity contribution in [3.63, 3.8) is 0 Å². The molecule has 13 nitrogen and oxygen atoms in total. The summed E-state index contributed by atoms with van der Waals surface area (Å²) in [4.78, 5) is 116. The minimum absolute atomic E-state index is 0.0392. The lowest BCUT2D eigenvalue weighted by Crippen LogP contribution is -2.44. The van der Waals surface area contributed by atoms with E-state index >= 15 is 0 Å². The summed E-state index contributed by atoms with van der Waals surface area (Å²) in [6.45, 7) is 0. The van der Waals surface area contributed by atoms with Crippen LogP contribution in [0.15, 0.2) is 72.8 Å². The van der Waals surface area contributed by atoms with Crippen molar-refractivity contribution in [1.82, 2.24) is 14.7 Å². The Kier molecular flexibility index (Phi) is 10.6. The first-order valence-electron chi connectivity index (χ1n) is 24.2. The van der Waals surface area contributed by atoms with Crippen LogP contribution in [0.1, 0.15) is 129 Å². The highest BCUT2D eigenvalue weighted by Gasteiger charge is 2.58. The van der Waals surface area contributed by atoms with Gasteiger partial charge in [0, 0.05) is 32.0 Å². The lowest BCUT2D eigenvalue weighted by Gasteiger charge is -2.38. The highest BCUT2D eigenvalue weighted by Crippen LogP contribution is 2.55.